The smallest absolute Gasteiger partial charge is 0.254 e. The van der Waals surface area contributed by atoms with Gasteiger partial charge in [-0.15, -0.1) is 0 Å². The van der Waals surface area contributed by atoms with E-state index < -0.39 is 5.82 Å². The van der Waals surface area contributed by atoms with Crippen molar-refractivity contribution in [3.05, 3.63) is 35.1 Å². The Kier molecular flexibility index (Phi) is 3.69. The number of aryl methyl sites for hydroxylation is 1. The highest BCUT2D eigenvalue weighted by atomic mass is 19.1. The summed E-state index contributed by atoms with van der Waals surface area (Å²) in [5.74, 6) is -0.737. The van der Waals surface area contributed by atoms with Gasteiger partial charge in [-0.25, -0.2) is 4.39 Å². The first-order chi connectivity index (χ1) is 8.56. The van der Waals surface area contributed by atoms with Crippen molar-refractivity contribution in [2.45, 2.75) is 39.5 Å². The molecule has 0 bridgehead atoms. The molecule has 18 heavy (non-hydrogen) atoms. The Balaban J connectivity index is 1.99. The van der Waals surface area contributed by atoms with Gasteiger partial charge in [-0.2, -0.15) is 0 Å². The Morgan fingerprint density at radius 1 is 1.44 bits per heavy atom. The van der Waals surface area contributed by atoms with Gasteiger partial charge < -0.3 is 5.32 Å². The molecular weight excluding hydrogens is 229 g/mol. The van der Waals surface area contributed by atoms with Crippen LogP contribution in [0.4, 0.5) is 4.39 Å². The van der Waals surface area contributed by atoms with Gasteiger partial charge in [0.1, 0.15) is 5.82 Å². The van der Waals surface area contributed by atoms with E-state index in [4.69, 9.17) is 0 Å². The molecule has 2 rings (SSSR count). The molecule has 0 aliphatic heterocycles. The lowest BCUT2D eigenvalue weighted by Crippen LogP contribution is -2.41. The summed E-state index contributed by atoms with van der Waals surface area (Å²) in [7, 11) is 0. The van der Waals surface area contributed by atoms with E-state index in [0.717, 1.165) is 12.0 Å². The van der Waals surface area contributed by atoms with Gasteiger partial charge in [-0.05, 0) is 49.3 Å². The fraction of sp³-hybridized carbons (Fsp3) is 0.533. The fourth-order valence-corrected chi connectivity index (χ4v) is 2.50. The maximum absolute atomic E-state index is 13.6. The molecule has 0 spiro atoms. The number of hydrogen-bond acceptors (Lipinski definition) is 1. The van der Waals surface area contributed by atoms with Gasteiger partial charge in [0, 0.05) is 6.54 Å². The molecule has 1 amide bonds. The van der Waals surface area contributed by atoms with E-state index >= 15 is 0 Å². The summed E-state index contributed by atoms with van der Waals surface area (Å²) in [6, 6.07) is 4.71. The van der Waals surface area contributed by atoms with Crippen molar-refractivity contribution in [2.75, 3.05) is 6.54 Å². The maximum Gasteiger partial charge on any atom is 0.254 e. The van der Waals surface area contributed by atoms with Crippen LogP contribution in [0.2, 0.25) is 0 Å². The third-order valence-corrected chi connectivity index (χ3v) is 4.16. The van der Waals surface area contributed by atoms with Gasteiger partial charge >= 0.3 is 0 Å². The molecule has 1 fully saturated rings. The molecule has 1 aliphatic carbocycles. The van der Waals surface area contributed by atoms with Crippen LogP contribution < -0.4 is 5.32 Å². The predicted octanol–water partition coefficient (Wildman–Crippen LogP) is 3.44. The number of rotatable bonds is 4. The van der Waals surface area contributed by atoms with Crippen LogP contribution >= 0.6 is 0 Å². The van der Waals surface area contributed by atoms with E-state index in [1.807, 2.05) is 6.92 Å². The van der Waals surface area contributed by atoms with Crippen LogP contribution in [0.5, 0.6) is 0 Å². The zero-order valence-electron chi connectivity index (χ0n) is 11.1. The number of halogens is 1. The highest BCUT2D eigenvalue weighted by Crippen LogP contribution is 2.43. The first kappa shape index (κ1) is 13.1. The Morgan fingerprint density at radius 3 is 2.67 bits per heavy atom. The molecule has 0 aromatic heterocycles. The molecule has 0 saturated heterocycles. The summed E-state index contributed by atoms with van der Waals surface area (Å²) in [4.78, 5) is 11.9. The second-order valence-electron chi connectivity index (χ2n) is 5.37. The molecule has 2 nitrogen and oxygen atoms in total. The van der Waals surface area contributed by atoms with Crippen LogP contribution in [0.1, 0.15) is 48.5 Å². The second-order valence-corrected chi connectivity index (χ2v) is 5.37. The first-order valence-corrected chi connectivity index (χ1v) is 6.61. The van der Waals surface area contributed by atoms with E-state index in [9.17, 15) is 9.18 Å². The Hall–Kier alpha value is -1.38. The fourth-order valence-electron chi connectivity index (χ4n) is 2.50. The van der Waals surface area contributed by atoms with Gasteiger partial charge in [0.15, 0.2) is 0 Å². The molecule has 1 saturated carbocycles. The zero-order chi connectivity index (χ0) is 13.2. The molecule has 0 radical (unpaired) electrons. The van der Waals surface area contributed by atoms with Crippen molar-refractivity contribution >= 4 is 5.91 Å². The Bertz CT molecular complexity index is 446. The van der Waals surface area contributed by atoms with Gasteiger partial charge in [0.05, 0.1) is 5.56 Å². The summed E-state index contributed by atoms with van der Waals surface area (Å²) in [5.41, 5.74) is 1.23. The molecule has 0 atom stereocenters. The molecule has 1 aliphatic rings. The van der Waals surface area contributed by atoms with Crippen LogP contribution in [-0.2, 0) is 0 Å². The minimum Gasteiger partial charge on any atom is -0.351 e. The highest BCUT2D eigenvalue weighted by Gasteiger charge is 2.35. The maximum atomic E-state index is 13.6. The molecule has 98 valence electrons. The van der Waals surface area contributed by atoms with E-state index in [0.29, 0.717) is 6.54 Å². The Morgan fingerprint density at radius 2 is 2.17 bits per heavy atom. The lowest BCUT2D eigenvalue weighted by molar-refractivity contribution is 0.0846. The summed E-state index contributed by atoms with van der Waals surface area (Å²) in [6.07, 6.45) is 4.65. The molecule has 1 aromatic carbocycles. The monoisotopic (exact) mass is 249 g/mol. The summed E-state index contributed by atoms with van der Waals surface area (Å²) in [6.45, 7) is 4.62. The highest BCUT2D eigenvalue weighted by molar-refractivity contribution is 5.94. The third kappa shape index (κ3) is 2.55. The van der Waals surface area contributed by atoms with E-state index in [1.165, 1.54) is 25.3 Å². The van der Waals surface area contributed by atoms with Crippen LogP contribution in [0, 0.1) is 18.2 Å². The molecule has 0 unspecified atom stereocenters. The molecule has 3 heteroatoms. The quantitative estimate of drug-likeness (QED) is 0.870. The standard InChI is InChI=1S/C15H20FNO/c1-3-15(7-4-8-15)10-17-14(18)12-6-5-11(2)9-13(12)16/h5-6,9H,3-4,7-8,10H2,1-2H3,(H,17,18). The van der Waals surface area contributed by atoms with Crippen molar-refractivity contribution in [1.29, 1.82) is 0 Å². The number of hydrogen-bond donors (Lipinski definition) is 1. The number of carbonyl (C=O) groups excluding carboxylic acids is 1. The van der Waals surface area contributed by atoms with E-state index in [-0.39, 0.29) is 16.9 Å². The van der Waals surface area contributed by atoms with E-state index in [1.54, 1.807) is 12.1 Å². The minimum atomic E-state index is -0.438. The number of carbonyl (C=O) groups is 1. The average Bonchev–Trinajstić information content (AvgIpc) is 2.27. The lowest BCUT2D eigenvalue weighted by Gasteiger charge is -2.41. The van der Waals surface area contributed by atoms with Crippen molar-refractivity contribution < 1.29 is 9.18 Å². The topological polar surface area (TPSA) is 29.1 Å². The molecule has 0 heterocycles. The number of amides is 1. The van der Waals surface area contributed by atoms with Gasteiger partial charge in [-0.1, -0.05) is 19.4 Å². The average molecular weight is 249 g/mol. The summed E-state index contributed by atoms with van der Waals surface area (Å²) in [5, 5.41) is 2.87. The SMILES string of the molecule is CCC1(CNC(=O)c2ccc(C)cc2F)CCC1. The summed E-state index contributed by atoms with van der Waals surface area (Å²) < 4.78 is 13.6. The Labute approximate surface area is 108 Å². The minimum absolute atomic E-state index is 0.145. The molecule has 1 aromatic rings. The van der Waals surface area contributed by atoms with Crippen molar-refractivity contribution in [3.8, 4) is 0 Å². The second kappa shape index (κ2) is 5.09. The van der Waals surface area contributed by atoms with Crippen LogP contribution in [0.25, 0.3) is 0 Å². The van der Waals surface area contributed by atoms with Crippen LogP contribution in [0.3, 0.4) is 0 Å². The van der Waals surface area contributed by atoms with Gasteiger partial charge in [0.25, 0.3) is 5.91 Å². The van der Waals surface area contributed by atoms with Crippen LogP contribution in [0.15, 0.2) is 18.2 Å². The largest absolute Gasteiger partial charge is 0.351 e. The number of benzene rings is 1. The van der Waals surface area contributed by atoms with Crippen molar-refractivity contribution in [2.24, 2.45) is 5.41 Å². The van der Waals surface area contributed by atoms with Crippen molar-refractivity contribution in [1.82, 2.24) is 5.32 Å². The summed E-state index contributed by atoms with van der Waals surface area (Å²) >= 11 is 0. The van der Waals surface area contributed by atoms with E-state index in [2.05, 4.69) is 12.2 Å². The van der Waals surface area contributed by atoms with Gasteiger partial charge in [0.2, 0.25) is 0 Å². The zero-order valence-corrected chi connectivity index (χ0v) is 11.1. The normalized spacial score (nSPS) is 17.1. The van der Waals surface area contributed by atoms with Gasteiger partial charge in [-0.3, -0.25) is 4.79 Å². The lowest BCUT2D eigenvalue weighted by atomic mass is 9.67. The third-order valence-electron chi connectivity index (χ3n) is 4.16. The number of nitrogens with one attached hydrogen (secondary N) is 1. The molecular formula is C15H20FNO. The van der Waals surface area contributed by atoms with Crippen molar-refractivity contribution in [3.63, 3.8) is 0 Å². The van der Waals surface area contributed by atoms with Crippen LogP contribution in [-0.4, -0.2) is 12.5 Å². The predicted molar refractivity (Wildman–Crippen MR) is 70.0 cm³/mol. The molecule has 1 N–H and O–H groups in total. The first-order valence-electron chi connectivity index (χ1n) is 6.61.